The van der Waals surface area contributed by atoms with Gasteiger partial charge in [0.2, 0.25) is 0 Å². The summed E-state index contributed by atoms with van der Waals surface area (Å²) >= 11 is 0. The number of rotatable bonds is 7. The van der Waals surface area contributed by atoms with Crippen molar-refractivity contribution in [3.8, 4) is 0 Å². The van der Waals surface area contributed by atoms with Gasteiger partial charge in [-0.05, 0) is 42.7 Å². The monoisotopic (exact) mass is 505 g/mol. The summed E-state index contributed by atoms with van der Waals surface area (Å²) in [6, 6.07) is 15.9. The third-order valence-corrected chi connectivity index (χ3v) is 4.57. The van der Waals surface area contributed by atoms with Crippen molar-refractivity contribution in [2.75, 3.05) is 20.1 Å². The van der Waals surface area contributed by atoms with Crippen LogP contribution in [0.3, 0.4) is 0 Å². The van der Waals surface area contributed by atoms with Gasteiger partial charge in [0, 0.05) is 49.3 Å². The van der Waals surface area contributed by atoms with Crippen LogP contribution in [0.5, 0.6) is 0 Å². The van der Waals surface area contributed by atoms with Gasteiger partial charge in [-0.15, -0.1) is 24.0 Å². The molecule has 154 valence electrons. The average molecular weight is 505 g/mol. The molecule has 6 nitrogen and oxygen atoms in total. The van der Waals surface area contributed by atoms with Crippen molar-refractivity contribution in [2.24, 2.45) is 4.99 Å². The van der Waals surface area contributed by atoms with Crippen molar-refractivity contribution in [3.05, 3.63) is 71.4 Å². The Bertz CT molecular complexity index is 967. The first-order valence-corrected chi connectivity index (χ1v) is 9.58. The van der Waals surface area contributed by atoms with Crippen LogP contribution in [0.25, 0.3) is 10.9 Å². The molecule has 0 saturated carbocycles. The third kappa shape index (κ3) is 6.22. The Morgan fingerprint density at radius 2 is 1.90 bits per heavy atom. The lowest BCUT2D eigenvalue weighted by atomic mass is 10.1. The van der Waals surface area contributed by atoms with Crippen LogP contribution < -0.4 is 16.0 Å². The number of aromatic nitrogens is 1. The molecule has 4 N–H and O–H groups in total. The zero-order valence-electron chi connectivity index (χ0n) is 16.8. The molecule has 1 amide bonds. The van der Waals surface area contributed by atoms with Crippen molar-refractivity contribution >= 4 is 46.7 Å². The summed E-state index contributed by atoms with van der Waals surface area (Å²) in [6.07, 6.45) is 2.97. The fourth-order valence-electron chi connectivity index (χ4n) is 3.15. The van der Waals surface area contributed by atoms with Gasteiger partial charge in [0.15, 0.2) is 5.96 Å². The quantitative estimate of drug-likeness (QED) is 0.226. The Balaban J connectivity index is 0.00000300. The summed E-state index contributed by atoms with van der Waals surface area (Å²) < 4.78 is 0. The summed E-state index contributed by atoms with van der Waals surface area (Å²) in [7, 11) is 1.76. The predicted octanol–water partition coefficient (Wildman–Crippen LogP) is 3.44. The molecule has 29 heavy (non-hydrogen) atoms. The van der Waals surface area contributed by atoms with Gasteiger partial charge in [0.25, 0.3) is 5.91 Å². The SMILES string of the molecule is CCNC(=O)c1cccc(CNC(=NC)NCCc2c[nH]c3ccccc23)c1.I. The number of guanidine groups is 1. The van der Waals surface area contributed by atoms with E-state index in [-0.39, 0.29) is 29.9 Å². The van der Waals surface area contributed by atoms with Crippen LogP contribution in [0.4, 0.5) is 0 Å². The maximum atomic E-state index is 12.0. The van der Waals surface area contributed by atoms with E-state index in [2.05, 4.69) is 50.3 Å². The third-order valence-electron chi connectivity index (χ3n) is 4.57. The van der Waals surface area contributed by atoms with Crippen molar-refractivity contribution in [3.63, 3.8) is 0 Å². The van der Waals surface area contributed by atoms with Gasteiger partial charge in [-0.25, -0.2) is 0 Å². The van der Waals surface area contributed by atoms with Gasteiger partial charge in [-0.2, -0.15) is 0 Å². The molecule has 0 radical (unpaired) electrons. The van der Waals surface area contributed by atoms with Crippen LogP contribution >= 0.6 is 24.0 Å². The van der Waals surface area contributed by atoms with Crippen LogP contribution in [-0.4, -0.2) is 37.0 Å². The van der Waals surface area contributed by atoms with Gasteiger partial charge in [0.1, 0.15) is 0 Å². The number of aromatic amines is 1. The number of amides is 1. The highest BCUT2D eigenvalue weighted by molar-refractivity contribution is 14.0. The van der Waals surface area contributed by atoms with E-state index in [0.29, 0.717) is 18.7 Å². The zero-order valence-corrected chi connectivity index (χ0v) is 19.1. The molecule has 1 heterocycles. The lowest BCUT2D eigenvalue weighted by molar-refractivity contribution is 0.0955. The fraction of sp³-hybridized carbons (Fsp3) is 0.273. The Morgan fingerprint density at radius 3 is 2.69 bits per heavy atom. The summed E-state index contributed by atoms with van der Waals surface area (Å²) in [5.74, 6) is 0.689. The van der Waals surface area contributed by atoms with Gasteiger partial charge in [0.05, 0.1) is 0 Å². The summed E-state index contributed by atoms with van der Waals surface area (Å²) in [4.78, 5) is 19.6. The largest absolute Gasteiger partial charge is 0.361 e. The van der Waals surface area contributed by atoms with E-state index in [1.165, 1.54) is 10.9 Å². The van der Waals surface area contributed by atoms with Gasteiger partial charge < -0.3 is 20.9 Å². The van der Waals surface area contributed by atoms with Crippen molar-refractivity contribution in [1.82, 2.24) is 20.9 Å². The maximum Gasteiger partial charge on any atom is 0.251 e. The number of carbonyl (C=O) groups excluding carboxylic acids is 1. The number of para-hydroxylation sites is 1. The molecule has 0 aliphatic heterocycles. The van der Waals surface area contributed by atoms with Crippen LogP contribution in [0.15, 0.2) is 59.7 Å². The van der Waals surface area contributed by atoms with Crippen LogP contribution in [0, 0.1) is 0 Å². The Labute approximate surface area is 188 Å². The van der Waals surface area contributed by atoms with E-state index >= 15 is 0 Å². The highest BCUT2D eigenvalue weighted by atomic mass is 127. The Morgan fingerprint density at radius 1 is 1.07 bits per heavy atom. The molecule has 0 atom stereocenters. The number of fused-ring (bicyclic) bond motifs is 1. The van der Waals surface area contributed by atoms with Crippen LogP contribution in [0.1, 0.15) is 28.4 Å². The lowest BCUT2D eigenvalue weighted by Crippen LogP contribution is -2.37. The zero-order chi connectivity index (χ0) is 19.8. The minimum atomic E-state index is -0.0504. The molecule has 7 heteroatoms. The molecule has 0 spiro atoms. The number of carbonyl (C=O) groups is 1. The minimum absolute atomic E-state index is 0. The number of aliphatic imine (C=N–C) groups is 1. The molecular weight excluding hydrogens is 477 g/mol. The molecular formula is C22H28IN5O. The second-order valence-electron chi connectivity index (χ2n) is 6.52. The van der Waals surface area contributed by atoms with Crippen molar-refractivity contribution in [2.45, 2.75) is 19.9 Å². The van der Waals surface area contributed by atoms with E-state index in [4.69, 9.17) is 0 Å². The second-order valence-corrected chi connectivity index (χ2v) is 6.52. The Kier molecular flexibility index (Phi) is 8.98. The smallest absolute Gasteiger partial charge is 0.251 e. The number of H-pyrrole nitrogens is 1. The molecule has 2 aromatic carbocycles. The highest BCUT2D eigenvalue weighted by Gasteiger charge is 2.06. The summed E-state index contributed by atoms with van der Waals surface area (Å²) in [5, 5.41) is 10.7. The van der Waals surface area contributed by atoms with E-state index in [0.717, 1.165) is 30.0 Å². The first-order chi connectivity index (χ1) is 13.7. The van der Waals surface area contributed by atoms with E-state index < -0.39 is 0 Å². The fourth-order valence-corrected chi connectivity index (χ4v) is 3.15. The molecule has 0 aliphatic carbocycles. The van der Waals surface area contributed by atoms with Gasteiger partial charge in [-0.1, -0.05) is 30.3 Å². The molecule has 0 bridgehead atoms. The standard InChI is InChI=1S/C22H27N5O.HI/c1-3-24-21(28)17-8-6-7-16(13-17)14-27-22(23-2)25-12-11-18-15-26-20-10-5-4-9-19(18)20;/h4-10,13,15,26H,3,11-12,14H2,1-2H3,(H,24,28)(H2,23,25,27);1H. The number of hydrogen-bond donors (Lipinski definition) is 4. The normalized spacial score (nSPS) is 11.0. The minimum Gasteiger partial charge on any atom is -0.361 e. The molecule has 3 aromatic rings. The topological polar surface area (TPSA) is 81.3 Å². The van der Waals surface area contributed by atoms with Crippen LogP contribution in [-0.2, 0) is 13.0 Å². The number of nitrogens with zero attached hydrogens (tertiary/aromatic N) is 1. The van der Waals surface area contributed by atoms with Gasteiger partial charge >= 0.3 is 0 Å². The molecule has 1 aromatic heterocycles. The first-order valence-electron chi connectivity index (χ1n) is 9.58. The molecule has 3 rings (SSSR count). The van der Waals surface area contributed by atoms with Gasteiger partial charge in [-0.3, -0.25) is 9.79 Å². The van der Waals surface area contributed by atoms with E-state index in [1.807, 2.05) is 37.3 Å². The summed E-state index contributed by atoms with van der Waals surface area (Å²) in [6.45, 7) is 3.91. The maximum absolute atomic E-state index is 12.0. The average Bonchev–Trinajstić information content (AvgIpc) is 3.14. The predicted molar refractivity (Wildman–Crippen MR) is 130 cm³/mol. The number of benzene rings is 2. The van der Waals surface area contributed by atoms with Crippen molar-refractivity contribution in [1.29, 1.82) is 0 Å². The van der Waals surface area contributed by atoms with E-state index in [1.54, 1.807) is 7.05 Å². The molecule has 0 unspecified atom stereocenters. The second kappa shape index (κ2) is 11.5. The Hall–Kier alpha value is -2.55. The molecule has 0 saturated heterocycles. The number of hydrogen-bond acceptors (Lipinski definition) is 2. The number of nitrogens with one attached hydrogen (secondary N) is 4. The molecule has 0 aliphatic rings. The molecule has 0 fully saturated rings. The lowest BCUT2D eigenvalue weighted by Gasteiger charge is -2.12. The summed E-state index contributed by atoms with van der Waals surface area (Å²) in [5.41, 5.74) is 4.15. The first kappa shape index (κ1) is 22.7. The van der Waals surface area contributed by atoms with E-state index in [9.17, 15) is 4.79 Å². The highest BCUT2D eigenvalue weighted by Crippen LogP contribution is 2.17. The van der Waals surface area contributed by atoms with Crippen LogP contribution in [0.2, 0.25) is 0 Å². The number of halogens is 1. The van der Waals surface area contributed by atoms with Crippen molar-refractivity contribution < 1.29 is 4.79 Å².